The Kier molecular flexibility index (Phi) is 5.88. The second kappa shape index (κ2) is 7.18. The third-order valence-electron chi connectivity index (χ3n) is 2.46. The average Bonchev–Trinajstić information content (AvgIpc) is 2.37. The quantitative estimate of drug-likeness (QED) is 0.782. The van der Waals surface area contributed by atoms with Crippen LogP contribution in [0.3, 0.4) is 0 Å². The summed E-state index contributed by atoms with van der Waals surface area (Å²) in [6.45, 7) is 3.31. The molecule has 0 fully saturated rings. The fourth-order valence-electron chi connectivity index (χ4n) is 1.23. The van der Waals surface area contributed by atoms with Crippen LogP contribution in [-0.4, -0.2) is 35.6 Å². The highest BCUT2D eigenvalue weighted by Gasteiger charge is 2.09. The molecule has 4 nitrogen and oxygen atoms in total. The Hall–Kier alpha value is -1.33. The number of ether oxygens (including phenoxy) is 2. The summed E-state index contributed by atoms with van der Waals surface area (Å²) < 4.78 is 24.1. The number of benzene rings is 1. The van der Waals surface area contributed by atoms with Crippen molar-refractivity contribution < 1.29 is 24.1 Å². The highest BCUT2D eigenvalue weighted by molar-refractivity contribution is 5.33. The van der Waals surface area contributed by atoms with Crippen molar-refractivity contribution in [3.63, 3.8) is 0 Å². The van der Waals surface area contributed by atoms with E-state index >= 15 is 0 Å². The minimum Gasteiger partial charge on any atom is -0.491 e. The zero-order chi connectivity index (χ0) is 13.5. The number of aliphatic hydroxyl groups excluding tert-OH is 2. The summed E-state index contributed by atoms with van der Waals surface area (Å²) in [6.07, 6.45) is -0.157. The van der Waals surface area contributed by atoms with Gasteiger partial charge < -0.3 is 19.7 Å². The van der Waals surface area contributed by atoms with Gasteiger partial charge in [0.15, 0.2) is 11.6 Å². The molecule has 0 aliphatic heterocycles. The van der Waals surface area contributed by atoms with Gasteiger partial charge in [-0.15, -0.1) is 0 Å². The Bertz CT molecular complexity index is 370. The van der Waals surface area contributed by atoms with Crippen LogP contribution < -0.4 is 9.47 Å². The first-order valence-electron chi connectivity index (χ1n) is 5.94. The molecule has 0 saturated heterocycles. The molecule has 18 heavy (non-hydrogen) atoms. The van der Waals surface area contributed by atoms with E-state index in [4.69, 9.17) is 19.7 Å². The Morgan fingerprint density at radius 3 is 2.67 bits per heavy atom. The van der Waals surface area contributed by atoms with Gasteiger partial charge in [0.2, 0.25) is 0 Å². The summed E-state index contributed by atoms with van der Waals surface area (Å²) in [6, 6.07) is 4.29. The highest BCUT2D eigenvalue weighted by atomic mass is 19.1. The van der Waals surface area contributed by atoms with Crippen LogP contribution in [0.5, 0.6) is 11.5 Å². The van der Waals surface area contributed by atoms with Gasteiger partial charge in [0.25, 0.3) is 0 Å². The second-order valence-electron chi connectivity index (χ2n) is 4.08. The fourth-order valence-corrected chi connectivity index (χ4v) is 1.23. The maximum absolute atomic E-state index is 13.6. The predicted molar refractivity (Wildman–Crippen MR) is 65.4 cm³/mol. The van der Waals surface area contributed by atoms with Crippen LogP contribution in [0.1, 0.15) is 20.3 Å². The van der Waals surface area contributed by atoms with E-state index in [9.17, 15) is 4.39 Å². The van der Waals surface area contributed by atoms with Gasteiger partial charge in [-0.2, -0.15) is 0 Å². The molecule has 0 spiro atoms. The van der Waals surface area contributed by atoms with Crippen molar-refractivity contribution in [2.75, 3.05) is 13.2 Å². The van der Waals surface area contributed by atoms with Crippen LogP contribution >= 0.6 is 0 Å². The van der Waals surface area contributed by atoms with Gasteiger partial charge >= 0.3 is 0 Å². The molecule has 2 atom stereocenters. The summed E-state index contributed by atoms with van der Waals surface area (Å²) in [5, 5.41) is 17.7. The van der Waals surface area contributed by atoms with Gasteiger partial charge in [-0.3, -0.25) is 0 Å². The molecule has 0 aliphatic carbocycles. The molecule has 0 radical (unpaired) electrons. The monoisotopic (exact) mass is 258 g/mol. The Morgan fingerprint density at radius 1 is 1.39 bits per heavy atom. The lowest BCUT2D eigenvalue weighted by molar-refractivity contribution is 0.0523. The van der Waals surface area contributed by atoms with Crippen molar-refractivity contribution in [1.29, 1.82) is 0 Å². The van der Waals surface area contributed by atoms with Crippen LogP contribution in [-0.2, 0) is 0 Å². The Balaban J connectivity index is 2.62. The van der Waals surface area contributed by atoms with Crippen molar-refractivity contribution in [2.45, 2.75) is 32.5 Å². The molecule has 0 aliphatic rings. The standard InChI is InChI=1S/C13H19FO4/c1-3-9(2)18-11-4-5-13(12(14)6-11)17-8-10(16)7-15/h4-6,9-10,15-16H,3,7-8H2,1-2H3. The number of hydrogen-bond acceptors (Lipinski definition) is 4. The zero-order valence-electron chi connectivity index (χ0n) is 10.6. The van der Waals surface area contributed by atoms with Gasteiger partial charge in [-0.25, -0.2) is 4.39 Å². The Morgan fingerprint density at radius 2 is 2.11 bits per heavy atom. The van der Waals surface area contributed by atoms with E-state index in [0.717, 1.165) is 6.42 Å². The van der Waals surface area contributed by atoms with Crippen LogP contribution in [0.25, 0.3) is 0 Å². The maximum atomic E-state index is 13.6. The third-order valence-corrected chi connectivity index (χ3v) is 2.46. The van der Waals surface area contributed by atoms with E-state index < -0.39 is 18.5 Å². The SMILES string of the molecule is CCC(C)Oc1ccc(OCC(O)CO)c(F)c1. The highest BCUT2D eigenvalue weighted by Crippen LogP contribution is 2.23. The largest absolute Gasteiger partial charge is 0.491 e. The fraction of sp³-hybridized carbons (Fsp3) is 0.538. The molecule has 1 aromatic rings. The topological polar surface area (TPSA) is 58.9 Å². The van der Waals surface area contributed by atoms with Gasteiger partial charge in [-0.05, 0) is 25.5 Å². The molecular formula is C13H19FO4. The number of rotatable bonds is 7. The summed E-state index contributed by atoms with van der Waals surface area (Å²) in [5.41, 5.74) is 0. The first-order chi connectivity index (χ1) is 8.56. The molecule has 1 aromatic carbocycles. The minimum atomic E-state index is -1.01. The van der Waals surface area contributed by atoms with Crippen LogP contribution in [0.15, 0.2) is 18.2 Å². The number of halogens is 1. The molecule has 0 amide bonds. The van der Waals surface area contributed by atoms with Crippen molar-refractivity contribution in [3.05, 3.63) is 24.0 Å². The van der Waals surface area contributed by atoms with Crippen molar-refractivity contribution >= 4 is 0 Å². The molecule has 5 heteroatoms. The van der Waals surface area contributed by atoms with Gasteiger partial charge in [0, 0.05) is 6.07 Å². The first-order valence-corrected chi connectivity index (χ1v) is 5.94. The molecular weight excluding hydrogens is 239 g/mol. The van der Waals surface area contributed by atoms with E-state index in [0.29, 0.717) is 5.75 Å². The van der Waals surface area contributed by atoms with E-state index in [2.05, 4.69) is 0 Å². The number of hydrogen-bond donors (Lipinski definition) is 2. The smallest absolute Gasteiger partial charge is 0.168 e. The van der Waals surface area contributed by atoms with Gasteiger partial charge in [-0.1, -0.05) is 6.92 Å². The van der Waals surface area contributed by atoms with Crippen molar-refractivity contribution in [3.8, 4) is 11.5 Å². The molecule has 2 N–H and O–H groups in total. The van der Waals surface area contributed by atoms with E-state index in [1.807, 2.05) is 13.8 Å². The molecule has 1 rings (SSSR count). The van der Waals surface area contributed by atoms with E-state index in [1.54, 1.807) is 6.07 Å². The lowest BCUT2D eigenvalue weighted by Gasteiger charge is -2.14. The lowest BCUT2D eigenvalue weighted by Crippen LogP contribution is -2.21. The average molecular weight is 258 g/mol. The number of aliphatic hydroxyl groups is 2. The molecule has 2 unspecified atom stereocenters. The van der Waals surface area contributed by atoms with Crippen molar-refractivity contribution in [2.24, 2.45) is 0 Å². The predicted octanol–water partition coefficient (Wildman–Crippen LogP) is 1.73. The van der Waals surface area contributed by atoms with Gasteiger partial charge in [0.1, 0.15) is 18.5 Å². The van der Waals surface area contributed by atoms with E-state index in [1.165, 1.54) is 12.1 Å². The third kappa shape index (κ3) is 4.50. The normalized spacial score (nSPS) is 14.1. The summed E-state index contributed by atoms with van der Waals surface area (Å²) in [7, 11) is 0. The molecule has 0 heterocycles. The molecule has 0 saturated carbocycles. The summed E-state index contributed by atoms with van der Waals surface area (Å²) in [4.78, 5) is 0. The van der Waals surface area contributed by atoms with Crippen molar-refractivity contribution in [1.82, 2.24) is 0 Å². The zero-order valence-corrected chi connectivity index (χ0v) is 10.6. The van der Waals surface area contributed by atoms with Crippen LogP contribution in [0.4, 0.5) is 4.39 Å². The van der Waals surface area contributed by atoms with Crippen LogP contribution in [0, 0.1) is 5.82 Å². The van der Waals surface area contributed by atoms with E-state index in [-0.39, 0.29) is 18.5 Å². The summed E-state index contributed by atoms with van der Waals surface area (Å²) in [5.74, 6) is -0.0862. The first kappa shape index (κ1) is 14.7. The summed E-state index contributed by atoms with van der Waals surface area (Å²) >= 11 is 0. The maximum Gasteiger partial charge on any atom is 0.168 e. The van der Waals surface area contributed by atoms with Gasteiger partial charge in [0.05, 0.1) is 12.7 Å². The second-order valence-corrected chi connectivity index (χ2v) is 4.08. The minimum absolute atomic E-state index is 0.0207. The molecule has 0 bridgehead atoms. The molecule has 102 valence electrons. The molecule has 0 aromatic heterocycles. The van der Waals surface area contributed by atoms with Crippen LogP contribution in [0.2, 0.25) is 0 Å². The lowest BCUT2D eigenvalue weighted by atomic mass is 10.3. The Labute approximate surface area is 106 Å².